The third-order valence-electron chi connectivity index (χ3n) is 6.48. The van der Waals surface area contributed by atoms with Crippen LogP contribution in [0.25, 0.3) is 0 Å². The molecule has 1 amide bonds. The number of rotatable bonds is 7. The van der Waals surface area contributed by atoms with Crippen LogP contribution in [0.5, 0.6) is 0 Å². The number of carbonyl (C=O) groups is 1. The predicted molar refractivity (Wildman–Crippen MR) is 140 cm³/mol. The maximum absolute atomic E-state index is 13.1. The molecule has 6 nitrogen and oxygen atoms in total. The average Bonchev–Trinajstić information content (AvgIpc) is 2.82. The number of hydrogen-bond donors (Lipinski definition) is 2. The average molecular weight is 492 g/mol. The first-order valence-electron chi connectivity index (χ1n) is 12.0. The fraction of sp³-hybridized carbons (Fsp3) is 0.321. The Hall–Kier alpha value is -3.16. The van der Waals surface area contributed by atoms with Gasteiger partial charge in [-0.15, -0.1) is 0 Å². The summed E-state index contributed by atoms with van der Waals surface area (Å²) < 4.78 is 28.4. The van der Waals surface area contributed by atoms with Gasteiger partial charge in [0.25, 0.3) is 15.9 Å². The van der Waals surface area contributed by atoms with E-state index >= 15 is 0 Å². The molecule has 4 rings (SSSR count). The molecule has 184 valence electrons. The van der Waals surface area contributed by atoms with Gasteiger partial charge in [-0.25, -0.2) is 8.42 Å². The molecule has 35 heavy (non-hydrogen) atoms. The van der Waals surface area contributed by atoms with Crippen LogP contribution in [0, 0.1) is 20.8 Å². The van der Waals surface area contributed by atoms with Gasteiger partial charge < -0.3 is 5.32 Å². The largest absolute Gasteiger partial charge is 0.349 e. The number of piperidine rings is 1. The molecule has 0 aliphatic carbocycles. The van der Waals surface area contributed by atoms with Crippen LogP contribution in [0.4, 0.5) is 5.69 Å². The summed E-state index contributed by atoms with van der Waals surface area (Å²) in [4.78, 5) is 15.6. The van der Waals surface area contributed by atoms with Gasteiger partial charge in [0.15, 0.2) is 0 Å². The van der Waals surface area contributed by atoms with Crippen molar-refractivity contribution in [2.45, 2.75) is 51.1 Å². The molecule has 2 N–H and O–H groups in total. The van der Waals surface area contributed by atoms with Crippen LogP contribution in [0.15, 0.2) is 71.6 Å². The first-order valence-corrected chi connectivity index (χ1v) is 13.5. The number of sulfonamides is 1. The minimum Gasteiger partial charge on any atom is -0.349 e. The Morgan fingerprint density at radius 3 is 2.31 bits per heavy atom. The quantitative estimate of drug-likeness (QED) is 0.497. The van der Waals surface area contributed by atoms with Crippen molar-refractivity contribution < 1.29 is 13.2 Å². The first kappa shape index (κ1) is 24.9. The van der Waals surface area contributed by atoms with E-state index in [1.54, 1.807) is 18.2 Å². The SMILES string of the molecule is Cc1ccc(NS(=O)(=O)c2ccc(C)c(C(=O)NC3CCN(Cc4cccc(C)c4)CC3)c2)cc1. The van der Waals surface area contributed by atoms with Gasteiger partial charge in [0.1, 0.15) is 0 Å². The number of anilines is 1. The van der Waals surface area contributed by atoms with Crippen molar-refractivity contribution >= 4 is 21.6 Å². The molecular weight excluding hydrogens is 458 g/mol. The van der Waals surface area contributed by atoms with Crippen molar-refractivity contribution in [3.05, 3.63) is 94.5 Å². The van der Waals surface area contributed by atoms with E-state index in [9.17, 15) is 13.2 Å². The minimum absolute atomic E-state index is 0.0709. The number of aryl methyl sites for hydroxylation is 3. The van der Waals surface area contributed by atoms with E-state index in [1.807, 2.05) is 26.0 Å². The lowest BCUT2D eigenvalue weighted by Gasteiger charge is -2.32. The fourth-order valence-electron chi connectivity index (χ4n) is 4.42. The summed E-state index contributed by atoms with van der Waals surface area (Å²) in [7, 11) is -3.81. The summed E-state index contributed by atoms with van der Waals surface area (Å²) in [5, 5.41) is 3.12. The zero-order valence-corrected chi connectivity index (χ0v) is 21.4. The Bertz CT molecular complexity index is 1300. The van der Waals surface area contributed by atoms with Crippen molar-refractivity contribution in [2.24, 2.45) is 0 Å². The summed E-state index contributed by atoms with van der Waals surface area (Å²) in [5.74, 6) is -0.230. The number of nitrogens with one attached hydrogen (secondary N) is 2. The van der Waals surface area contributed by atoms with Crippen LogP contribution in [0.2, 0.25) is 0 Å². The second-order valence-corrected chi connectivity index (χ2v) is 11.1. The highest BCUT2D eigenvalue weighted by Crippen LogP contribution is 2.21. The molecule has 1 aliphatic rings. The van der Waals surface area contributed by atoms with Crippen LogP contribution in [-0.2, 0) is 16.6 Å². The molecule has 0 atom stereocenters. The molecule has 0 bridgehead atoms. The van der Waals surface area contributed by atoms with Gasteiger partial charge in [0.05, 0.1) is 4.90 Å². The Morgan fingerprint density at radius 2 is 1.63 bits per heavy atom. The number of nitrogens with zero attached hydrogens (tertiary/aromatic N) is 1. The molecule has 1 aliphatic heterocycles. The second kappa shape index (κ2) is 10.6. The number of hydrogen-bond acceptors (Lipinski definition) is 4. The van der Waals surface area contributed by atoms with E-state index in [0.29, 0.717) is 11.3 Å². The van der Waals surface area contributed by atoms with Gasteiger partial charge in [-0.05, 0) is 69.0 Å². The topological polar surface area (TPSA) is 78.5 Å². The Balaban J connectivity index is 1.38. The molecule has 0 aromatic heterocycles. The van der Waals surface area contributed by atoms with Gasteiger partial charge >= 0.3 is 0 Å². The molecule has 1 fully saturated rings. The van der Waals surface area contributed by atoms with Crippen LogP contribution in [0.1, 0.15) is 45.5 Å². The summed E-state index contributed by atoms with van der Waals surface area (Å²) in [5.41, 5.74) is 5.23. The zero-order valence-electron chi connectivity index (χ0n) is 20.5. The van der Waals surface area contributed by atoms with E-state index in [4.69, 9.17) is 0 Å². The molecule has 3 aromatic rings. The lowest BCUT2D eigenvalue weighted by molar-refractivity contribution is 0.0908. The van der Waals surface area contributed by atoms with Crippen LogP contribution in [-0.4, -0.2) is 38.4 Å². The van der Waals surface area contributed by atoms with Crippen LogP contribution in [0.3, 0.4) is 0 Å². The zero-order chi connectivity index (χ0) is 25.0. The van der Waals surface area contributed by atoms with Crippen molar-refractivity contribution in [1.29, 1.82) is 0 Å². The van der Waals surface area contributed by atoms with E-state index < -0.39 is 10.0 Å². The highest BCUT2D eigenvalue weighted by Gasteiger charge is 2.23. The van der Waals surface area contributed by atoms with Crippen molar-refractivity contribution in [3.8, 4) is 0 Å². The molecule has 0 unspecified atom stereocenters. The third-order valence-corrected chi connectivity index (χ3v) is 7.86. The second-order valence-electron chi connectivity index (χ2n) is 9.46. The lowest BCUT2D eigenvalue weighted by atomic mass is 10.0. The van der Waals surface area contributed by atoms with Crippen molar-refractivity contribution in [1.82, 2.24) is 10.2 Å². The van der Waals surface area contributed by atoms with E-state index in [2.05, 4.69) is 46.1 Å². The first-order chi connectivity index (χ1) is 16.7. The van der Waals surface area contributed by atoms with E-state index in [-0.39, 0.29) is 16.8 Å². The summed E-state index contributed by atoms with van der Waals surface area (Å²) in [6.07, 6.45) is 1.73. The lowest BCUT2D eigenvalue weighted by Crippen LogP contribution is -2.44. The maximum Gasteiger partial charge on any atom is 0.261 e. The molecule has 0 radical (unpaired) electrons. The molecule has 1 heterocycles. The molecule has 0 saturated carbocycles. The van der Waals surface area contributed by atoms with Crippen LogP contribution >= 0.6 is 0 Å². The molecule has 1 saturated heterocycles. The third kappa shape index (κ3) is 6.50. The van der Waals surface area contributed by atoms with Gasteiger partial charge in [0, 0.05) is 36.9 Å². The Labute approximate surface area is 208 Å². The van der Waals surface area contributed by atoms with E-state index in [0.717, 1.165) is 43.6 Å². The normalized spacial score (nSPS) is 15.1. The highest BCUT2D eigenvalue weighted by atomic mass is 32.2. The van der Waals surface area contributed by atoms with Crippen LogP contribution < -0.4 is 10.0 Å². The number of benzene rings is 3. The standard InChI is InChI=1S/C28H33N3O3S/c1-20-7-10-25(11-8-20)30-35(33,34)26-12-9-22(3)27(18-26)28(32)29-24-13-15-31(16-14-24)19-23-6-4-5-21(2)17-23/h4-12,17-18,24,30H,13-16,19H2,1-3H3,(H,29,32). The summed E-state index contributed by atoms with van der Waals surface area (Å²) >= 11 is 0. The fourth-order valence-corrected chi connectivity index (χ4v) is 5.50. The highest BCUT2D eigenvalue weighted by molar-refractivity contribution is 7.92. The van der Waals surface area contributed by atoms with Crippen molar-refractivity contribution in [3.63, 3.8) is 0 Å². The summed E-state index contributed by atoms with van der Waals surface area (Å²) in [6.45, 7) is 8.60. The van der Waals surface area contributed by atoms with Crippen molar-refractivity contribution in [2.75, 3.05) is 17.8 Å². The van der Waals surface area contributed by atoms with Gasteiger partial charge in [-0.3, -0.25) is 14.4 Å². The van der Waals surface area contributed by atoms with Gasteiger partial charge in [-0.1, -0.05) is 53.6 Å². The Kier molecular flexibility index (Phi) is 7.57. The summed E-state index contributed by atoms with van der Waals surface area (Å²) in [6, 6.07) is 20.4. The van der Waals surface area contributed by atoms with Gasteiger partial charge in [-0.2, -0.15) is 0 Å². The minimum atomic E-state index is -3.81. The maximum atomic E-state index is 13.1. The number of likely N-dealkylation sites (tertiary alicyclic amines) is 1. The molecular formula is C28H33N3O3S. The number of carbonyl (C=O) groups excluding carboxylic acids is 1. The number of amides is 1. The Morgan fingerprint density at radius 1 is 0.914 bits per heavy atom. The predicted octanol–water partition coefficient (Wildman–Crippen LogP) is 4.81. The monoisotopic (exact) mass is 491 g/mol. The molecule has 0 spiro atoms. The smallest absolute Gasteiger partial charge is 0.261 e. The molecule has 3 aromatic carbocycles. The molecule has 7 heteroatoms. The van der Waals surface area contributed by atoms with Gasteiger partial charge in [0.2, 0.25) is 0 Å². The van der Waals surface area contributed by atoms with E-state index in [1.165, 1.54) is 23.3 Å².